The van der Waals surface area contributed by atoms with Crippen molar-refractivity contribution in [3.63, 3.8) is 0 Å². The summed E-state index contributed by atoms with van der Waals surface area (Å²) in [6.07, 6.45) is 5.03. The van der Waals surface area contributed by atoms with Crippen LogP contribution in [0.5, 0.6) is 5.88 Å². The Morgan fingerprint density at radius 2 is 2.33 bits per heavy atom. The van der Waals surface area contributed by atoms with Crippen molar-refractivity contribution in [2.45, 2.75) is 26.2 Å². The molecule has 0 aromatic carbocycles. The van der Waals surface area contributed by atoms with E-state index >= 15 is 0 Å². The van der Waals surface area contributed by atoms with Crippen LogP contribution in [0.2, 0.25) is 0 Å². The van der Waals surface area contributed by atoms with Crippen molar-refractivity contribution in [2.75, 3.05) is 6.61 Å². The summed E-state index contributed by atoms with van der Waals surface area (Å²) >= 11 is 0. The smallest absolute Gasteiger partial charge is 0.236 e. The van der Waals surface area contributed by atoms with E-state index < -0.39 is 0 Å². The predicted molar refractivity (Wildman–Crippen MR) is 44.8 cm³/mol. The normalized spacial score (nSPS) is 9.75. The number of hydrogen-bond donors (Lipinski definition) is 0. The van der Waals surface area contributed by atoms with Crippen LogP contribution in [0.15, 0.2) is 12.3 Å². The van der Waals surface area contributed by atoms with Gasteiger partial charge in [0.2, 0.25) is 5.88 Å². The molecule has 0 fully saturated rings. The first-order chi connectivity index (χ1) is 5.93. The van der Waals surface area contributed by atoms with Gasteiger partial charge in [0, 0.05) is 6.07 Å². The van der Waals surface area contributed by atoms with Crippen LogP contribution in [0.3, 0.4) is 0 Å². The van der Waals surface area contributed by atoms with Crippen molar-refractivity contribution >= 4 is 0 Å². The zero-order chi connectivity index (χ0) is 8.65. The zero-order valence-electron chi connectivity index (χ0n) is 7.23. The molecule has 0 radical (unpaired) electrons. The highest BCUT2D eigenvalue weighted by Crippen LogP contribution is 2.02. The van der Waals surface area contributed by atoms with E-state index in [1.165, 1.54) is 12.8 Å². The van der Waals surface area contributed by atoms with Crippen LogP contribution in [0, 0.1) is 0 Å². The first kappa shape index (κ1) is 8.90. The summed E-state index contributed by atoms with van der Waals surface area (Å²) in [7, 11) is 0. The molecule has 4 heteroatoms. The van der Waals surface area contributed by atoms with Crippen LogP contribution < -0.4 is 4.74 Å². The molecule has 12 heavy (non-hydrogen) atoms. The second kappa shape index (κ2) is 5.46. The fourth-order valence-electron chi connectivity index (χ4n) is 0.836. The highest BCUT2D eigenvalue weighted by atomic mass is 16.5. The summed E-state index contributed by atoms with van der Waals surface area (Å²) in [5, 5.41) is 10.7. The number of unbranched alkanes of at least 4 members (excludes halogenated alkanes) is 2. The van der Waals surface area contributed by atoms with Gasteiger partial charge in [0.05, 0.1) is 12.8 Å². The van der Waals surface area contributed by atoms with Crippen molar-refractivity contribution in [3.8, 4) is 5.88 Å². The topological polar surface area (TPSA) is 47.9 Å². The van der Waals surface area contributed by atoms with Crippen LogP contribution in [-0.2, 0) is 0 Å². The fraction of sp³-hybridized carbons (Fsp3) is 0.625. The Hall–Kier alpha value is -1.19. The molecule has 0 aliphatic carbocycles. The zero-order valence-corrected chi connectivity index (χ0v) is 7.23. The highest BCUT2D eigenvalue weighted by Gasteiger charge is 1.92. The van der Waals surface area contributed by atoms with E-state index in [2.05, 4.69) is 22.3 Å². The van der Waals surface area contributed by atoms with E-state index in [4.69, 9.17) is 4.74 Å². The van der Waals surface area contributed by atoms with Gasteiger partial charge in [0.1, 0.15) is 0 Å². The van der Waals surface area contributed by atoms with E-state index in [1.54, 1.807) is 12.3 Å². The first-order valence-corrected chi connectivity index (χ1v) is 4.20. The molecule has 0 aliphatic heterocycles. The van der Waals surface area contributed by atoms with Crippen molar-refractivity contribution in [1.82, 2.24) is 15.4 Å². The molecule has 0 saturated heterocycles. The van der Waals surface area contributed by atoms with Gasteiger partial charge in [-0.05, 0) is 11.6 Å². The third-order valence-corrected chi connectivity index (χ3v) is 1.48. The van der Waals surface area contributed by atoms with E-state index in [0.29, 0.717) is 12.5 Å². The van der Waals surface area contributed by atoms with Gasteiger partial charge in [-0.1, -0.05) is 24.9 Å². The molecule has 0 bridgehead atoms. The fourth-order valence-corrected chi connectivity index (χ4v) is 0.836. The molecule has 4 nitrogen and oxygen atoms in total. The molecule has 0 aliphatic rings. The monoisotopic (exact) mass is 167 g/mol. The standard InChI is InChI=1S/C8H13N3O/c1-2-3-4-7-12-8-5-6-9-11-10-8/h5-6H,2-4,7H2,1H3. The number of nitrogens with zero attached hydrogens (tertiary/aromatic N) is 3. The van der Waals surface area contributed by atoms with Gasteiger partial charge in [-0.25, -0.2) is 0 Å². The minimum atomic E-state index is 0.557. The van der Waals surface area contributed by atoms with Gasteiger partial charge in [0.25, 0.3) is 0 Å². The first-order valence-electron chi connectivity index (χ1n) is 4.20. The third-order valence-electron chi connectivity index (χ3n) is 1.48. The SMILES string of the molecule is CCCCCOc1ccnnn1. The summed E-state index contributed by atoms with van der Waals surface area (Å²) < 4.78 is 5.29. The molecule has 0 N–H and O–H groups in total. The maximum atomic E-state index is 5.29. The van der Waals surface area contributed by atoms with E-state index in [1.807, 2.05) is 0 Å². The average molecular weight is 167 g/mol. The Kier molecular flexibility index (Phi) is 4.05. The largest absolute Gasteiger partial charge is 0.477 e. The minimum Gasteiger partial charge on any atom is -0.477 e. The Labute approximate surface area is 72.0 Å². The van der Waals surface area contributed by atoms with Gasteiger partial charge in [-0.15, -0.1) is 5.10 Å². The van der Waals surface area contributed by atoms with Crippen molar-refractivity contribution < 1.29 is 4.74 Å². The van der Waals surface area contributed by atoms with Gasteiger partial charge in [-0.3, -0.25) is 0 Å². The molecule has 1 rings (SSSR count). The van der Waals surface area contributed by atoms with Crippen LogP contribution >= 0.6 is 0 Å². The van der Waals surface area contributed by atoms with Crippen LogP contribution in [0.1, 0.15) is 26.2 Å². The minimum absolute atomic E-state index is 0.557. The van der Waals surface area contributed by atoms with Gasteiger partial charge in [-0.2, -0.15) is 0 Å². The van der Waals surface area contributed by atoms with E-state index in [0.717, 1.165) is 6.42 Å². The average Bonchev–Trinajstić information content (AvgIpc) is 2.14. The van der Waals surface area contributed by atoms with Gasteiger partial charge >= 0.3 is 0 Å². The molecular formula is C8H13N3O. The highest BCUT2D eigenvalue weighted by molar-refractivity contribution is 5.01. The summed E-state index contributed by atoms with van der Waals surface area (Å²) in [5.41, 5.74) is 0. The lowest BCUT2D eigenvalue weighted by atomic mass is 10.3. The van der Waals surface area contributed by atoms with Gasteiger partial charge in [0.15, 0.2) is 0 Å². The number of rotatable bonds is 5. The third kappa shape index (κ3) is 3.27. The number of ether oxygens (including phenoxy) is 1. The van der Waals surface area contributed by atoms with Gasteiger partial charge < -0.3 is 4.74 Å². The Morgan fingerprint density at radius 1 is 1.42 bits per heavy atom. The summed E-state index contributed by atoms with van der Waals surface area (Å²) in [6.45, 7) is 2.87. The van der Waals surface area contributed by atoms with Crippen molar-refractivity contribution in [3.05, 3.63) is 12.3 Å². The Bertz CT molecular complexity index is 203. The molecule has 1 heterocycles. The molecular weight excluding hydrogens is 154 g/mol. The molecule has 0 saturated carbocycles. The predicted octanol–water partition coefficient (Wildman–Crippen LogP) is 1.44. The Morgan fingerprint density at radius 3 is 3.00 bits per heavy atom. The second-order valence-corrected chi connectivity index (χ2v) is 2.51. The number of aromatic nitrogens is 3. The van der Waals surface area contributed by atoms with Crippen molar-refractivity contribution in [2.24, 2.45) is 0 Å². The quantitative estimate of drug-likeness (QED) is 0.622. The van der Waals surface area contributed by atoms with Crippen molar-refractivity contribution in [1.29, 1.82) is 0 Å². The summed E-state index contributed by atoms with van der Waals surface area (Å²) in [5.74, 6) is 0.557. The lowest BCUT2D eigenvalue weighted by molar-refractivity contribution is 0.290. The lowest BCUT2D eigenvalue weighted by Gasteiger charge is -2.01. The lowest BCUT2D eigenvalue weighted by Crippen LogP contribution is -1.99. The maximum Gasteiger partial charge on any atom is 0.236 e. The molecule has 0 spiro atoms. The Balaban J connectivity index is 2.16. The summed E-state index contributed by atoms with van der Waals surface area (Å²) in [6, 6.07) is 1.71. The molecule has 66 valence electrons. The maximum absolute atomic E-state index is 5.29. The molecule has 0 atom stereocenters. The number of hydrogen-bond acceptors (Lipinski definition) is 4. The van der Waals surface area contributed by atoms with E-state index in [9.17, 15) is 0 Å². The molecule has 0 amide bonds. The van der Waals surface area contributed by atoms with Crippen LogP contribution in [0.4, 0.5) is 0 Å². The molecule has 0 unspecified atom stereocenters. The summed E-state index contributed by atoms with van der Waals surface area (Å²) in [4.78, 5) is 0. The molecule has 1 aromatic heterocycles. The van der Waals surface area contributed by atoms with E-state index in [-0.39, 0.29) is 0 Å². The second-order valence-electron chi connectivity index (χ2n) is 2.51. The van der Waals surface area contributed by atoms with Crippen LogP contribution in [-0.4, -0.2) is 22.0 Å². The van der Waals surface area contributed by atoms with Crippen LogP contribution in [0.25, 0.3) is 0 Å². The molecule has 1 aromatic rings.